The van der Waals surface area contributed by atoms with Gasteiger partial charge in [0, 0.05) is 68.4 Å². The number of alkyl halides is 3. The molecule has 1 amide bonds. The van der Waals surface area contributed by atoms with E-state index in [-0.39, 0.29) is 13.1 Å². The van der Waals surface area contributed by atoms with Gasteiger partial charge in [0.1, 0.15) is 23.5 Å². The van der Waals surface area contributed by atoms with Gasteiger partial charge in [-0.1, -0.05) is 13.8 Å². The van der Waals surface area contributed by atoms with Crippen LogP contribution in [-0.4, -0.2) is 81.7 Å². The molecule has 0 saturated carbocycles. The molecule has 1 fully saturated rings. The molecule has 0 bridgehead atoms. The second-order valence-corrected chi connectivity index (χ2v) is 11.1. The number of benzene rings is 1. The highest BCUT2D eigenvalue weighted by atomic mass is 19.4. The zero-order chi connectivity index (χ0) is 30.6. The number of pyridine rings is 2. The number of imidazole rings is 1. The number of halogens is 3. The van der Waals surface area contributed by atoms with Crippen molar-refractivity contribution < 1.29 is 27.4 Å². The predicted octanol–water partition coefficient (Wildman–Crippen LogP) is 5.25. The third kappa shape index (κ3) is 7.61. The summed E-state index contributed by atoms with van der Waals surface area (Å²) in [6.45, 7) is 6.89. The molecule has 1 aliphatic rings. The maximum Gasteiger partial charge on any atom is 0.397 e. The summed E-state index contributed by atoms with van der Waals surface area (Å²) in [5.74, 6) is 1.50. The quantitative estimate of drug-likeness (QED) is 0.267. The lowest BCUT2D eigenvalue weighted by atomic mass is 10.0. The Balaban J connectivity index is 1.31. The van der Waals surface area contributed by atoms with E-state index < -0.39 is 18.5 Å². The van der Waals surface area contributed by atoms with E-state index in [1.54, 1.807) is 25.7 Å². The van der Waals surface area contributed by atoms with Crippen molar-refractivity contribution in [3.63, 3.8) is 0 Å². The first-order valence-corrected chi connectivity index (χ1v) is 14.2. The van der Waals surface area contributed by atoms with Crippen LogP contribution >= 0.6 is 0 Å². The third-order valence-corrected chi connectivity index (χ3v) is 7.23. The lowest BCUT2D eigenvalue weighted by Crippen LogP contribution is -2.49. The van der Waals surface area contributed by atoms with Gasteiger partial charge in [-0.15, -0.1) is 0 Å². The van der Waals surface area contributed by atoms with Crippen LogP contribution in [-0.2, 0) is 17.8 Å². The summed E-state index contributed by atoms with van der Waals surface area (Å²) in [5, 5.41) is 0. The van der Waals surface area contributed by atoms with Gasteiger partial charge in [0.05, 0.1) is 25.4 Å². The van der Waals surface area contributed by atoms with Crippen LogP contribution in [0.3, 0.4) is 0 Å². The molecule has 0 atom stereocenters. The largest absolute Gasteiger partial charge is 0.494 e. The van der Waals surface area contributed by atoms with E-state index >= 15 is 0 Å². The molecule has 1 aromatic carbocycles. The van der Waals surface area contributed by atoms with Gasteiger partial charge in [-0.25, -0.2) is 4.98 Å². The molecule has 9 nitrogen and oxygen atoms in total. The predicted molar refractivity (Wildman–Crippen MR) is 156 cm³/mol. The molecule has 0 aliphatic carbocycles. The molecule has 0 spiro atoms. The number of nitrogens with one attached hydrogen (secondary N) is 1. The molecule has 4 heterocycles. The first-order valence-electron chi connectivity index (χ1n) is 14.2. The number of methoxy groups -OCH3 is 1. The van der Waals surface area contributed by atoms with Crippen LogP contribution in [0.15, 0.2) is 48.9 Å². The lowest BCUT2D eigenvalue weighted by Gasteiger charge is -2.35. The van der Waals surface area contributed by atoms with Gasteiger partial charge in [-0.05, 0) is 41.8 Å². The van der Waals surface area contributed by atoms with E-state index in [1.165, 1.54) is 4.90 Å². The highest BCUT2D eigenvalue weighted by Crippen LogP contribution is 2.40. The van der Waals surface area contributed by atoms with Crippen LogP contribution < -0.4 is 9.47 Å². The fourth-order valence-corrected chi connectivity index (χ4v) is 5.15. The normalized spacial score (nSPS) is 14.4. The third-order valence-electron chi connectivity index (χ3n) is 7.23. The Morgan fingerprint density at radius 2 is 1.86 bits per heavy atom. The van der Waals surface area contributed by atoms with E-state index in [4.69, 9.17) is 14.5 Å². The number of rotatable bonds is 10. The highest BCUT2D eigenvalue weighted by Gasteiger charge is 2.34. The van der Waals surface area contributed by atoms with Gasteiger partial charge in [-0.3, -0.25) is 19.7 Å². The number of carbonyl (C=O) groups is 1. The zero-order valence-electron chi connectivity index (χ0n) is 24.4. The molecule has 4 aromatic rings. The molecule has 1 N–H and O–H groups in total. The standard InChI is InChI=1S/C31H35F3N6O3/c1-20(2)19-43-30-24(23-7-8-35-17-26(23)42-3)4-5-25-29(30)38-27(37-25)15-22-14-21(6-9-36-22)18-39-10-12-40(13-11-39)28(41)16-31(32,33)34/h4-9,14,17,20H,10-13,15-16,18-19H2,1-3H3,(H,37,38). The van der Waals surface area contributed by atoms with E-state index in [0.29, 0.717) is 50.1 Å². The van der Waals surface area contributed by atoms with Crippen LogP contribution in [0.2, 0.25) is 0 Å². The average molecular weight is 597 g/mol. The second-order valence-electron chi connectivity index (χ2n) is 11.1. The Kier molecular flexibility index (Phi) is 9.14. The molecular formula is C31H35F3N6O3. The maximum atomic E-state index is 12.6. The first-order chi connectivity index (χ1) is 20.6. The van der Waals surface area contributed by atoms with Crippen molar-refractivity contribution in [3.05, 3.63) is 66.0 Å². The number of fused-ring (bicyclic) bond motifs is 1. The number of nitrogens with zero attached hydrogens (tertiary/aromatic N) is 5. The molecule has 43 heavy (non-hydrogen) atoms. The monoisotopic (exact) mass is 596 g/mol. The maximum absolute atomic E-state index is 12.6. The molecule has 12 heteroatoms. The van der Waals surface area contributed by atoms with Crippen molar-refractivity contribution >= 4 is 16.9 Å². The summed E-state index contributed by atoms with van der Waals surface area (Å²) in [6.07, 6.45) is -0.280. The summed E-state index contributed by atoms with van der Waals surface area (Å²) in [5.41, 5.74) is 5.16. The minimum atomic E-state index is -4.49. The van der Waals surface area contributed by atoms with Gasteiger partial charge in [0.2, 0.25) is 5.91 Å². The minimum Gasteiger partial charge on any atom is -0.494 e. The highest BCUT2D eigenvalue weighted by molar-refractivity contribution is 5.92. The number of H-pyrrole nitrogens is 1. The van der Waals surface area contributed by atoms with Gasteiger partial charge in [0.25, 0.3) is 0 Å². The first kappa shape index (κ1) is 30.3. The number of aromatic nitrogens is 4. The van der Waals surface area contributed by atoms with Crippen molar-refractivity contribution in [1.29, 1.82) is 0 Å². The second kappa shape index (κ2) is 13.0. The number of hydrogen-bond donors (Lipinski definition) is 1. The molecule has 0 unspecified atom stereocenters. The Hall–Kier alpha value is -4.19. The molecule has 1 saturated heterocycles. The SMILES string of the molecule is COc1cnccc1-c1ccc2[nH]c(Cc3cc(CN4CCN(C(=O)CC(F)(F)F)CC4)ccn3)nc2c1OCC(C)C. The number of ether oxygens (including phenoxy) is 2. The molecule has 0 radical (unpaired) electrons. The van der Waals surface area contributed by atoms with Crippen LogP contribution in [0.5, 0.6) is 11.5 Å². The summed E-state index contributed by atoms with van der Waals surface area (Å²) < 4.78 is 49.7. The van der Waals surface area contributed by atoms with Crippen molar-refractivity contribution in [1.82, 2.24) is 29.7 Å². The van der Waals surface area contributed by atoms with E-state index in [2.05, 4.69) is 33.7 Å². The van der Waals surface area contributed by atoms with Crippen molar-refractivity contribution in [2.45, 2.75) is 39.4 Å². The van der Waals surface area contributed by atoms with Gasteiger partial charge >= 0.3 is 6.18 Å². The molecule has 228 valence electrons. The summed E-state index contributed by atoms with van der Waals surface area (Å²) >= 11 is 0. The van der Waals surface area contributed by atoms with Gasteiger partial charge in [-0.2, -0.15) is 13.2 Å². The summed E-state index contributed by atoms with van der Waals surface area (Å²) in [6, 6.07) is 9.80. The van der Waals surface area contributed by atoms with Gasteiger partial charge < -0.3 is 19.4 Å². The van der Waals surface area contributed by atoms with Crippen molar-refractivity contribution in [2.24, 2.45) is 5.92 Å². The fraction of sp³-hybridized carbons (Fsp3) is 0.419. The fourth-order valence-electron chi connectivity index (χ4n) is 5.15. The Morgan fingerprint density at radius 3 is 2.58 bits per heavy atom. The topological polar surface area (TPSA) is 96.5 Å². The minimum absolute atomic E-state index is 0.278. The van der Waals surface area contributed by atoms with E-state index in [9.17, 15) is 18.0 Å². The van der Waals surface area contributed by atoms with Crippen molar-refractivity contribution in [2.75, 3.05) is 39.9 Å². The lowest BCUT2D eigenvalue weighted by molar-refractivity contribution is -0.162. The van der Waals surface area contributed by atoms with Crippen LogP contribution in [0.25, 0.3) is 22.2 Å². The zero-order valence-corrected chi connectivity index (χ0v) is 24.4. The Labute approximate surface area is 248 Å². The number of carbonyl (C=O) groups excluding carboxylic acids is 1. The smallest absolute Gasteiger partial charge is 0.397 e. The number of hydrogen-bond acceptors (Lipinski definition) is 7. The van der Waals surface area contributed by atoms with Crippen molar-refractivity contribution in [3.8, 4) is 22.6 Å². The molecule has 1 aliphatic heterocycles. The Morgan fingerprint density at radius 1 is 1.07 bits per heavy atom. The van der Waals surface area contributed by atoms with Gasteiger partial charge in [0.15, 0.2) is 5.75 Å². The number of aromatic amines is 1. The summed E-state index contributed by atoms with van der Waals surface area (Å²) in [4.78, 5) is 32.4. The average Bonchev–Trinajstić information content (AvgIpc) is 3.38. The van der Waals surface area contributed by atoms with Crippen LogP contribution in [0, 0.1) is 5.92 Å². The molecular weight excluding hydrogens is 561 g/mol. The molecule has 3 aromatic heterocycles. The molecule has 5 rings (SSSR count). The summed E-state index contributed by atoms with van der Waals surface area (Å²) in [7, 11) is 1.61. The Bertz CT molecular complexity index is 1560. The van der Waals surface area contributed by atoms with Crippen LogP contribution in [0.1, 0.15) is 37.4 Å². The van der Waals surface area contributed by atoms with Crippen LogP contribution in [0.4, 0.5) is 13.2 Å². The van der Waals surface area contributed by atoms with E-state index in [0.717, 1.165) is 39.2 Å². The van der Waals surface area contributed by atoms with E-state index in [1.807, 2.05) is 30.3 Å². The number of piperazine rings is 1. The number of amides is 1.